The van der Waals surface area contributed by atoms with Gasteiger partial charge in [-0.2, -0.15) is 5.10 Å². The second kappa shape index (κ2) is 4.85. The van der Waals surface area contributed by atoms with E-state index in [1.54, 1.807) is 24.1 Å². The van der Waals surface area contributed by atoms with Gasteiger partial charge in [-0.3, -0.25) is 19.6 Å². The fraction of sp³-hybridized carbons (Fsp3) is 0.250. The number of rotatable bonds is 4. The van der Waals surface area contributed by atoms with E-state index in [0.29, 0.717) is 22.8 Å². The van der Waals surface area contributed by atoms with Gasteiger partial charge in [-0.15, -0.1) is 0 Å². The van der Waals surface area contributed by atoms with Crippen molar-refractivity contribution >= 4 is 23.0 Å². The highest BCUT2D eigenvalue weighted by molar-refractivity contribution is 6.00. The van der Waals surface area contributed by atoms with Gasteiger partial charge in [-0.05, 0) is 11.6 Å². The molecule has 2 aromatic rings. The number of aryl methyl sites for hydroxylation is 1. The van der Waals surface area contributed by atoms with Crippen molar-refractivity contribution in [3.05, 3.63) is 40.0 Å². The predicted octanol–water partition coefficient (Wildman–Crippen LogP) is 0.830. The van der Waals surface area contributed by atoms with E-state index in [9.17, 15) is 14.9 Å². The maximum absolute atomic E-state index is 11.4. The van der Waals surface area contributed by atoms with Crippen LogP contribution in [0.1, 0.15) is 11.4 Å². The Morgan fingerprint density at radius 3 is 3.00 bits per heavy atom. The zero-order chi connectivity index (χ0) is 15.0. The third-order valence-electron chi connectivity index (χ3n) is 3.13. The molecule has 2 N–H and O–H groups in total. The summed E-state index contributed by atoms with van der Waals surface area (Å²) in [6.45, 7) is 0.258. The molecular formula is C12H12N6O3. The minimum atomic E-state index is -0.475. The number of hydrogen-bond donors (Lipinski definition) is 2. The first-order valence-electron chi connectivity index (χ1n) is 6.22. The topological polar surface area (TPSA) is 115 Å². The number of nitro benzene ring substituents is 1. The number of nitrogens with zero attached hydrogens (tertiary/aromatic N) is 4. The fourth-order valence-corrected chi connectivity index (χ4v) is 2.19. The molecule has 0 unspecified atom stereocenters. The van der Waals surface area contributed by atoms with Gasteiger partial charge in [0.05, 0.1) is 17.9 Å². The Hall–Kier alpha value is -2.97. The molecule has 0 saturated heterocycles. The molecular weight excluding hydrogens is 276 g/mol. The molecule has 9 nitrogen and oxygen atoms in total. The Labute approximate surface area is 119 Å². The Morgan fingerprint density at radius 1 is 1.52 bits per heavy atom. The Balaban J connectivity index is 1.88. The molecule has 0 aliphatic carbocycles. The summed E-state index contributed by atoms with van der Waals surface area (Å²) in [5, 5.41) is 20.8. The molecule has 0 radical (unpaired) electrons. The average molecular weight is 288 g/mol. The zero-order valence-electron chi connectivity index (χ0n) is 11.2. The first-order chi connectivity index (χ1) is 10.0. The predicted molar refractivity (Wildman–Crippen MR) is 73.8 cm³/mol. The van der Waals surface area contributed by atoms with Crippen LogP contribution in [0.2, 0.25) is 0 Å². The van der Waals surface area contributed by atoms with Gasteiger partial charge in [0.25, 0.3) is 5.69 Å². The van der Waals surface area contributed by atoms with Crippen LogP contribution in [0, 0.1) is 10.1 Å². The number of carbonyl (C=O) groups excluding carboxylic acids is 1. The molecule has 1 amide bonds. The summed E-state index contributed by atoms with van der Waals surface area (Å²) in [4.78, 5) is 26.1. The lowest BCUT2D eigenvalue weighted by atomic mass is 10.1. The molecule has 1 aromatic carbocycles. The number of amides is 1. The lowest BCUT2D eigenvalue weighted by Gasteiger charge is -2.07. The van der Waals surface area contributed by atoms with Gasteiger partial charge in [0.2, 0.25) is 5.91 Å². The molecule has 3 rings (SSSR count). The van der Waals surface area contributed by atoms with E-state index in [2.05, 4.69) is 20.7 Å². The molecule has 108 valence electrons. The van der Waals surface area contributed by atoms with Crippen LogP contribution in [0.15, 0.2) is 18.5 Å². The number of carbonyl (C=O) groups is 1. The van der Waals surface area contributed by atoms with Crippen LogP contribution in [0.5, 0.6) is 0 Å². The summed E-state index contributed by atoms with van der Waals surface area (Å²) < 4.78 is 1.55. The normalized spacial score (nSPS) is 12.9. The van der Waals surface area contributed by atoms with Crippen molar-refractivity contribution in [3.8, 4) is 0 Å². The van der Waals surface area contributed by atoms with Crippen molar-refractivity contribution in [1.82, 2.24) is 14.8 Å². The lowest BCUT2D eigenvalue weighted by molar-refractivity contribution is -0.384. The third kappa shape index (κ3) is 2.53. The van der Waals surface area contributed by atoms with Gasteiger partial charge in [-0.25, -0.2) is 4.98 Å². The Kier molecular flexibility index (Phi) is 3.01. The monoisotopic (exact) mass is 288 g/mol. The van der Waals surface area contributed by atoms with Crippen molar-refractivity contribution in [2.75, 3.05) is 10.6 Å². The minimum absolute atomic E-state index is 0.0684. The van der Waals surface area contributed by atoms with Crippen LogP contribution < -0.4 is 10.6 Å². The standard InChI is InChI=1S/C12H12N6O3/c1-17-6-14-11(16-17)5-13-9-4-8-7(3-12(19)15-8)2-10(9)18(20)21/h2,4,6,13H,3,5H2,1H3,(H,15,19). The summed E-state index contributed by atoms with van der Waals surface area (Å²) >= 11 is 0. The van der Waals surface area contributed by atoms with Crippen molar-refractivity contribution in [3.63, 3.8) is 0 Å². The highest BCUT2D eigenvalue weighted by Gasteiger charge is 2.24. The maximum Gasteiger partial charge on any atom is 0.292 e. The summed E-state index contributed by atoms with van der Waals surface area (Å²) in [7, 11) is 1.74. The van der Waals surface area contributed by atoms with E-state index in [1.165, 1.54) is 6.07 Å². The first kappa shape index (κ1) is 13.0. The van der Waals surface area contributed by atoms with Gasteiger partial charge in [0, 0.05) is 18.8 Å². The van der Waals surface area contributed by atoms with Crippen molar-refractivity contribution in [2.45, 2.75) is 13.0 Å². The van der Waals surface area contributed by atoms with Gasteiger partial charge < -0.3 is 10.6 Å². The number of anilines is 2. The molecule has 1 aliphatic heterocycles. The van der Waals surface area contributed by atoms with E-state index in [1.807, 2.05) is 0 Å². The summed E-state index contributed by atoms with van der Waals surface area (Å²) in [6, 6.07) is 2.99. The Bertz CT molecular complexity index is 739. The molecule has 2 heterocycles. The van der Waals surface area contributed by atoms with Crippen LogP contribution in [-0.2, 0) is 24.8 Å². The van der Waals surface area contributed by atoms with Crippen molar-refractivity contribution < 1.29 is 9.72 Å². The number of nitrogens with one attached hydrogen (secondary N) is 2. The number of aromatic nitrogens is 3. The van der Waals surface area contributed by atoms with Gasteiger partial charge in [0.1, 0.15) is 12.0 Å². The van der Waals surface area contributed by atoms with E-state index >= 15 is 0 Å². The van der Waals surface area contributed by atoms with Gasteiger partial charge in [-0.1, -0.05) is 0 Å². The SMILES string of the molecule is Cn1cnc(CNc2cc3c(cc2[N+](=O)[O-])CC(=O)N3)n1. The molecule has 1 aliphatic rings. The second-order valence-electron chi connectivity index (χ2n) is 4.70. The van der Waals surface area contributed by atoms with Gasteiger partial charge in [0.15, 0.2) is 5.82 Å². The van der Waals surface area contributed by atoms with E-state index in [4.69, 9.17) is 0 Å². The second-order valence-corrected chi connectivity index (χ2v) is 4.70. The quantitative estimate of drug-likeness (QED) is 0.636. The lowest BCUT2D eigenvalue weighted by Crippen LogP contribution is -2.06. The molecule has 0 spiro atoms. The van der Waals surface area contributed by atoms with Crippen LogP contribution in [0.25, 0.3) is 0 Å². The minimum Gasteiger partial charge on any atom is -0.372 e. The molecule has 0 fully saturated rings. The van der Waals surface area contributed by atoms with E-state index < -0.39 is 4.92 Å². The molecule has 21 heavy (non-hydrogen) atoms. The molecule has 9 heteroatoms. The average Bonchev–Trinajstić information content (AvgIpc) is 2.99. The van der Waals surface area contributed by atoms with Crippen molar-refractivity contribution in [2.24, 2.45) is 7.05 Å². The number of fused-ring (bicyclic) bond motifs is 1. The van der Waals surface area contributed by atoms with Crippen LogP contribution in [0.4, 0.5) is 17.1 Å². The van der Waals surface area contributed by atoms with Crippen LogP contribution in [-0.4, -0.2) is 25.6 Å². The molecule has 0 bridgehead atoms. The maximum atomic E-state index is 11.4. The molecule has 0 saturated carbocycles. The van der Waals surface area contributed by atoms with Gasteiger partial charge >= 0.3 is 0 Å². The smallest absolute Gasteiger partial charge is 0.292 e. The van der Waals surface area contributed by atoms with Crippen molar-refractivity contribution in [1.29, 1.82) is 0 Å². The summed E-state index contributed by atoms with van der Waals surface area (Å²) in [6.07, 6.45) is 1.71. The number of benzene rings is 1. The Morgan fingerprint density at radius 2 is 2.33 bits per heavy atom. The number of nitro groups is 1. The van der Waals surface area contributed by atoms with Crippen LogP contribution >= 0.6 is 0 Å². The molecule has 0 atom stereocenters. The molecule has 1 aromatic heterocycles. The van der Waals surface area contributed by atoms with Crippen LogP contribution in [0.3, 0.4) is 0 Å². The largest absolute Gasteiger partial charge is 0.372 e. The third-order valence-corrected chi connectivity index (χ3v) is 3.13. The summed E-state index contributed by atoms with van der Waals surface area (Å²) in [5.74, 6) is 0.360. The van der Waals surface area contributed by atoms with E-state index in [0.717, 1.165) is 0 Å². The van der Waals surface area contributed by atoms with E-state index in [-0.39, 0.29) is 24.6 Å². The summed E-state index contributed by atoms with van der Waals surface area (Å²) in [5.41, 5.74) is 1.49. The highest BCUT2D eigenvalue weighted by atomic mass is 16.6. The highest BCUT2D eigenvalue weighted by Crippen LogP contribution is 2.34. The first-order valence-corrected chi connectivity index (χ1v) is 6.22. The fourth-order valence-electron chi connectivity index (χ4n) is 2.19. The number of hydrogen-bond acceptors (Lipinski definition) is 6. The zero-order valence-corrected chi connectivity index (χ0v) is 11.2.